The number of rotatable bonds is 7. The van der Waals surface area contributed by atoms with Crippen LogP contribution < -0.4 is 4.74 Å². The Morgan fingerprint density at radius 2 is 1.73 bits per heavy atom. The SMILES string of the molecule is CC(C)(CC=CCl)OCc1cccc(Oc2ccccc2)c1. The normalized spacial score (nSPS) is 11.8. The second kappa shape index (κ2) is 8.02. The zero-order chi connectivity index (χ0) is 15.8. The summed E-state index contributed by atoms with van der Waals surface area (Å²) >= 11 is 5.57. The molecule has 0 aliphatic carbocycles. The molecule has 0 fully saturated rings. The van der Waals surface area contributed by atoms with Gasteiger partial charge in [-0.05, 0) is 50.1 Å². The monoisotopic (exact) mass is 316 g/mol. The topological polar surface area (TPSA) is 18.5 Å². The van der Waals surface area contributed by atoms with Crippen molar-refractivity contribution in [1.29, 1.82) is 0 Å². The zero-order valence-electron chi connectivity index (χ0n) is 13.0. The molecule has 0 aliphatic rings. The van der Waals surface area contributed by atoms with Gasteiger partial charge in [-0.25, -0.2) is 0 Å². The highest BCUT2D eigenvalue weighted by Crippen LogP contribution is 2.23. The van der Waals surface area contributed by atoms with Gasteiger partial charge >= 0.3 is 0 Å². The number of hydrogen-bond acceptors (Lipinski definition) is 2. The van der Waals surface area contributed by atoms with Crippen LogP contribution in [0.5, 0.6) is 11.5 Å². The Bertz CT molecular complexity index is 606. The Morgan fingerprint density at radius 1 is 1.00 bits per heavy atom. The Morgan fingerprint density at radius 3 is 2.45 bits per heavy atom. The standard InChI is InChI=1S/C19H21ClO2/c1-19(2,12-7-13-20)21-15-16-8-6-11-18(14-16)22-17-9-4-3-5-10-17/h3-11,13-14H,12,15H2,1-2H3. The molecule has 3 heteroatoms. The smallest absolute Gasteiger partial charge is 0.127 e. The lowest BCUT2D eigenvalue weighted by atomic mass is 10.1. The largest absolute Gasteiger partial charge is 0.457 e. The molecule has 0 atom stereocenters. The lowest BCUT2D eigenvalue weighted by Crippen LogP contribution is -2.23. The van der Waals surface area contributed by atoms with Crippen LogP contribution in [0.15, 0.2) is 66.2 Å². The van der Waals surface area contributed by atoms with Crippen molar-refractivity contribution in [3.05, 3.63) is 71.8 Å². The molecule has 0 saturated carbocycles. The van der Waals surface area contributed by atoms with Crippen molar-refractivity contribution in [3.63, 3.8) is 0 Å². The molecule has 0 aromatic heterocycles. The molecule has 116 valence electrons. The molecule has 0 bridgehead atoms. The Balaban J connectivity index is 1.97. The average molecular weight is 317 g/mol. The molecule has 0 N–H and O–H groups in total. The highest BCUT2D eigenvalue weighted by atomic mass is 35.5. The molecule has 0 heterocycles. The van der Waals surface area contributed by atoms with Crippen LogP contribution in [0, 0.1) is 0 Å². The number of halogens is 1. The second-order valence-corrected chi connectivity index (χ2v) is 5.93. The van der Waals surface area contributed by atoms with Crippen LogP contribution in [-0.4, -0.2) is 5.60 Å². The van der Waals surface area contributed by atoms with Crippen LogP contribution in [0.1, 0.15) is 25.8 Å². The van der Waals surface area contributed by atoms with Gasteiger partial charge in [0.05, 0.1) is 12.2 Å². The van der Waals surface area contributed by atoms with E-state index in [1.807, 2.05) is 74.5 Å². The van der Waals surface area contributed by atoms with Gasteiger partial charge in [0.15, 0.2) is 0 Å². The summed E-state index contributed by atoms with van der Waals surface area (Å²) in [4.78, 5) is 0. The van der Waals surface area contributed by atoms with E-state index in [4.69, 9.17) is 21.1 Å². The average Bonchev–Trinajstić information content (AvgIpc) is 2.53. The van der Waals surface area contributed by atoms with Crippen LogP contribution in [0.2, 0.25) is 0 Å². The predicted molar refractivity (Wildman–Crippen MR) is 91.4 cm³/mol. The van der Waals surface area contributed by atoms with E-state index in [0.29, 0.717) is 6.61 Å². The fourth-order valence-corrected chi connectivity index (χ4v) is 2.08. The molecule has 2 aromatic carbocycles. The molecule has 0 saturated heterocycles. The fraction of sp³-hybridized carbons (Fsp3) is 0.263. The molecule has 0 spiro atoms. The van der Waals surface area contributed by atoms with Gasteiger partial charge in [-0.3, -0.25) is 0 Å². The zero-order valence-corrected chi connectivity index (χ0v) is 13.7. The van der Waals surface area contributed by atoms with Crippen LogP contribution in [0.25, 0.3) is 0 Å². The molecule has 2 nitrogen and oxygen atoms in total. The van der Waals surface area contributed by atoms with E-state index in [1.54, 1.807) is 0 Å². The van der Waals surface area contributed by atoms with E-state index in [1.165, 1.54) is 5.54 Å². The summed E-state index contributed by atoms with van der Waals surface area (Å²) in [6, 6.07) is 17.7. The lowest BCUT2D eigenvalue weighted by Gasteiger charge is -2.24. The molecule has 22 heavy (non-hydrogen) atoms. The van der Waals surface area contributed by atoms with Gasteiger partial charge < -0.3 is 9.47 Å². The van der Waals surface area contributed by atoms with E-state index in [0.717, 1.165) is 23.5 Å². The summed E-state index contributed by atoms with van der Waals surface area (Å²) in [5, 5.41) is 0. The summed E-state index contributed by atoms with van der Waals surface area (Å²) in [7, 11) is 0. The predicted octanol–water partition coefficient (Wildman–Crippen LogP) is 5.92. The number of benzene rings is 2. The summed E-state index contributed by atoms with van der Waals surface area (Å²) < 4.78 is 11.8. The molecule has 0 amide bonds. The fourth-order valence-electron chi connectivity index (χ4n) is 1.99. The Labute approximate surface area is 137 Å². The molecular weight excluding hydrogens is 296 g/mol. The molecule has 2 rings (SSSR count). The van der Waals surface area contributed by atoms with Gasteiger partial charge in [-0.2, -0.15) is 0 Å². The number of para-hydroxylation sites is 1. The van der Waals surface area contributed by atoms with Crippen molar-refractivity contribution in [2.75, 3.05) is 0 Å². The van der Waals surface area contributed by atoms with Gasteiger partial charge in [-0.1, -0.05) is 48.0 Å². The third-order valence-electron chi connectivity index (χ3n) is 3.21. The van der Waals surface area contributed by atoms with Gasteiger partial charge in [0, 0.05) is 5.54 Å². The van der Waals surface area contributed by atoms with Crippen molar-refractivity contribution in [2.24, 2.45) is 0 Å². The van der Waals surface area contributed by atoms with Crippen molar-refractivity contribution in [2.45, 2.75) is 32.5 Å². The minimum atomic E-state index is -0.248. The summed E-state index contributed by atoms with van der Waals surface area (Å²) in [6.45, 7) is 4.64. The Kier molecular flexibility index (Phi) is 6.05. The van der Waals surface area contributed by atoms with E-state index in [9.17, 15) is 0 Å². The van der Waals surface area contributed by atoms with Crippen molar-refractivity contribution in [3.8, 4) is 11.5 Å². The molecular formula is C19H21ClO2. The first-order chi connectivity index (χ1) is 10.6. The van der Waals surface area contributed by atoms with Crippen LogP contribution >= 0.6 is 11.6 Å². The molecule has 0 unspecified atom stereocenters. The summed E-state index contributed by atoms with van der Waals surface area (Å²) in [5.41, 5.74) is 2.36. The maximum Gasteiger partial charge on any atom is 0.127 e. The third kappa shape index (κ3) is 5.55. The first-order valence-electron chi connectivity index (χ1n) is 7.30. The van der Waals surface area contributed by atoms with Gasteiger partial charge in [0.25, 0.3) is 0 Å². The van der Waals surface area contributed by atoms with E-state index >= 15 is 0 Å². The van der Waals surface area contributed by atoms with Crippen molar-refractivity contribution in [1.82, 2.24) is 0 Å². The maximum atomic E-state index is 5.96. The highest BCUT2D eigenvalue weighted by molar-refractivity contribution is 6.25. The van der Waals surface area contributed by atoms with Crippen LogP contribution in [0.3, 0.4) is 0 Å². The quantitative estimate of drug-likeness (QED) is 0.631. The van der Waals surface area contributed by atoms with E-state index in [2.05, 4.69) is 0 Å². The first-order valence-corrected chi connectivity index (χ1v) is 7.74. The first kappa shape index (κ1) is 16.6. The number of ether oxygens (including phenoxy) is 2. The van der Waals surface area contributed by atoms with Crippen molar-refractivity contribution >= 4 is 11.6 Å². The molecule has 0 radical (unpaired) electrons. The molecule has 0 aliphatic heterocycles. The highest BCUT2D eigenvalue weighted by Gasteiger charge is 2.16. The van der Waals surface area contributed by atoms with Crippen LogP contribution in [-0.2, 0) is 11.3 Å². The van der Waals surface area contributed by atoms with Gasteiger partial charge in [0.2, 0.25) is 0 Å². The third-order valence-corrected chi connectivity index (χ3v) is 3.38. The second-order valence-electron chi connectivity index (χ2n) is 5.68. The summed E-state index contributed by atoms with van der Waals surface area (Å²) in [6.07, 6.45) is 2.67. The van der Waals surface area contributed by atoms with E-state index in [-0.39, 0.29) is 5.60 Å². The number of hydrogen-bond donors (Lipinski definition) is 0. The Hall–Kier alpha value is -1.77. The minimum Gasteiger partial charge on any atom is -0.457 e. The minimum absolute atomic E-state index is 0.248. The van der Waals surface area contributed by atoms with E-state index < -0.39 is 0 Å². The molecule has 2 aromatic rings. The summed E-state index contributed by atoms with van der Waals surface area (Å²) in [5.74, 6) is 1.64. The van der Waals surface area contributed by atoms with Crippen molar-refractivity contribution < 1.29 is 9.47 Å². The van der Waals surface area contributed by atoms with Crippen LogP contribution in [0.4, 0.5) is 0 Å². The van der Waals surface area contributed by atoms with Gasteiger partial charge in [0.1, 0.15) is 11.5 Å². The lowest BCUT2D eigenvalue weighted by molar-refractivity contribution is -0.0268. The van der Waals surface area contributed by atoms with Gasteiger partial charge in [-0.15, -0.1) is 0 Å². The maximum absolute atomic E-state index is 5.96.